The Hall–Kier alpha value is -0.910. The van der Waals surface area contributed by atoms with Crippen molar-refractivity contribution in [2.24, 2.45) is 0 Å². The van der Waals surface area contributed by atoms with Gasteiger partial charge in [-0.05, 0) is 25.0 Å². The number of β-amino-alcohol motifs (C(OH)–C–C–N with tert-alkyl or cyclic N) is 1. The molecule has 4 nitrogen and oxygen atoms in total. The summed E-state index contributed by atoms with van der Waals surface area (Å²) in [5.41, 5.74) is 0. The average Bonchev–Trinajstić information content (AvgIpc) is 2.30. The summed E-state index contributed by atoms with van der Waals surface area (Å²) in [5, 5.41) is 9.48. The Labute approximate surface area is 95.6 Å². The molecule has 0 aromatic heterocycles. The Morgan fingerprint density at radius 2 is 1.94 bits per heavy atom. The van der Waals surface area contributed by atoms with Gasteiger partial charge in [0.05, 0.1) is 11.0 Å². The number of aliphatic hydroxyl groups excluding tert-OH is 1. The first-order valence-electron chi connectivity index (χ1n) is 5.34. The standard InChI is InChI=1S/C11H15NO3S/c13-10-5-4-8-12(9-10)16(14,15)11-6-2-1-3-7-11/h1-3,6-7,10,13H,4-5,8-9H2. The summed E-state index contributed by atoms with van der Waals surface area (Å²) in [5.74, 6) is 0. The number of hydrogen-bond donors (Lipinski definition) is 1. The number of piperidine rings is 1. The van der Waals surface area contributed by atoms with Crippen molar-refractivity contribution < 1.29 is 13.5 Å². The molecule has 0 radical (unpaired) electrons. The first-order valence-corrected chi connectivity index (χ1v) is 6.78. The van der Waals surface area contributed by atoms with Gasteiger partial charge in [-0.1, -0.05) is 18.2 Å². The van der Waals surface area contributed by atoms with Crippen molar-refractivity contribution in [3.63, 3.8) is 0 Å². The maximum Gasteiger partial charge on any atom is 0.243 e. The van der Waals surface area contributed by atoms with Crippen LogP contribution in [0.1, 0.15) is 12.8 Å². The summed E-state index contributed by atoms with van der Waals surface area (Å²) < 4.78 is 25.7. The third kappa shape index (κ3) is 2.26. The number of benzene rings is 1. The third-order valence-corrected chi connectivity index (χ3v) is 4.62. The molecule has 0 spiro atoms. The second-order valence-electron chi connectivity index (χ2n) is 3.97. The Kier molecular flexibility index (Phi) is 3.28. The third-order valence-electron chi connectivity index (χ3n) is 2.74. The van der Waals surface area contributed by atoms with E-state index in [4.69, 9.17) is 0 Å². The summed E-state index contributed by atoms with van der Waals surface area (Å²) in [7, 11) is -3.42. The van der Waals surface area contributed by atoms with Crippen LogP contribution in [0.25, 0.3) is 0 Å². The van der Waals surface area contributed by atoms with Crippen molar-refractivity contribution in [2.75, 3.05) is 13.1 Å². The molecule has 1 heterocycles. The Bertz CT molecular complexity index is 444. The molecule has 0 aliphatic carbocycles. The van der Waals surface area contributed by atoms with E-state index in [2.05, 4.69) is 0 Å². The lowest BCUT2D eigenvalue weighted by atomic mass is 10.1. The molecule has 5 heteroatoms. The van der Waals surface area contributed by atoms with E-state index in [1.807, 2.05) is 0 Å². The molecular weight excluding hydrogens is 226 g/mol. The molecule has 0 amide bonds. The minimum absolute atomic E-state index is 0.206. The summed E-state index contributed by atoms with van der Waals surface area (Å²) in [6.45, 7) is 0.700. The van der Waals surface area contributed by atoms with E-state index in [1.165, 1.54) is 4.31 Å². The van der Waals surface area contributed by atoms with E-state index >= 15 is 0 Å². The predicted octanol–water partition coefficient (Wildman–Crippen LogP) is 0.832. The fourth-order valence-corrected chi connectivity index (χ4v) is 3.42. The van der Waals surface area contributed by atoms with Crippen LogP contribution in [0.2, 0.25) is 0 Å². The Morgan fingerprint density at radius 3 is 2.56 bits per heavy atom. The molecule has 88 valence electrons. The van der Waals surface area contributed by atoms with E-state index in [9.17, 15) is 13.5 Å². The number of sulfonamides is 1. The first-order chi connectivity index (χ1) is 7.60. The van der Waals surface area contributed by atoms with Crippen LogP contribution >= 0.6 is 0 Å². The number of nitrogens with zero attached hydrogens (tertiary/aromatic N) is 1. The van der Waals surface area contributed by atoms with Crippen LogP contribution in [-0.4, -0.2) is 37.0 Å². The lowest BCUT2D eigenvalue weighted by Crippen LogP contribution is -2.42. The molecule has 1 unspecified atom stereocenters. The van der Waals surface area contributed by atoms with Crippen LogP contribution in [0.3, 0.4) is 0 Å². The maximum atomic E-state index is 12.1. The van der Waals surface area contributed by atoms with Crippen LogP contribution < -0.4 is 0 Å². The number of aliphatic hydroxyl groups is 1. The van der Waals surface area contributed by atoms with Crippen LogP contribution in [0.4, 0.5) is 0 Å². The predicted molar refractivity (Wildman–Crippen MR) is 60.4 cm³/mol. The van der Waals surface area contributed by atoms with E-state index in [1.54, 1.807) is 30.3 Å². The van der Waals surface area contributed by atoms with Crippen molar-refractivity contribution in [3.05, 3.63) is 30.3 Å². The maximum absolute atomic E-state index is 12.1. The Morgan fingerprint density at radius 1 is 1.25 bits per heavy atom. The lowest BCUT2D eigenvalue weighted by molar-refractivity contribution is 0.108. The van der Waals surface area contributed by atoms with Gasteiger partial charge in [0, 0.05) is 13.1 Å². The second kappa shape index (κ2) is 4.53. The van der Waals surface area contributed by atoms with Gasteiger partial charge in [0.15, 0.2) is 0 Å². The number of hydrogen-bond acceptors (Lipinski definition) is 3. The fraction of sp³-hybridized carbons (Fsp3) is 0.455. The highest BCUT2D eigenvalue weighted by molar-refractivity contribution is 7.89. The van der Waals surface area contributed by atoms with Crippen LogP contribution in [0, 0.1) is 0 Å². The van der Waals surface area contributed by atoms with Crippen molar-refractivity contribution in [1.29, 1.82) is 0 Å². The highest BCUT2D eigenvalue weighted by Crippen LogP contribution is 2.20. The molecule has 1 fully saturated rings. The zero-order valence-electron chi connectivity index (χ0n) is 8.91. The second-order valence-corrected chi connectivity index (χ2v) is 5.91. The van der Waals surface area contributed by atoms with Gasteiger partial charge in [-0.3, -0.25) is 0 Å². The summed E-state index contributed by atoms with van der Waals surface area (Å²) >= 11 is 0. The summed E-state index contributed by atoms with van der Waals surface area (Å²) in [6.07, 6.45) is 0.862. The molecule has 1 saturated heterocycles. The van der Waals surface area contributed by atoms with Gasteiger partial charge in [-0.15, -0.1) is 0 Å². The Balaban J connectivity index is 2.26. The van der Waals surface area contributed by atoms with Gasteiger partial charge >= 0.3 is 0 Å². The minimum atomic E-state index is -3.42. The molecule has 0 saturated carbocycles. The van der Waals surface area contributed by atoms with Gasteiger partial charge in [0.25, 0.3) is 0 Å². The van der Waals surface area contributed by atoms with Gasteiger partial charge in [-0.2, -0.15) is 4.31 Å². The first kappa shape index (κ1) is 11.6. The normalized spacial score (nSPS) is 23.2. The largest absolute Gasteiger partial charge is 0.392 e. The smallest absolute Gasteiger partial charge is 0.243 e. The van der Waals surface area contributed by atoms with E-state index in [-0.39, 0.29) is 6.54 Å². The van der Waals surface area contributed by atoms with Gasteiger partial charge in [-0.25, -0.2) is 8.42 Å². The van der Waals surface area contributed by atoms with E-state index in [0.29, 0.717) is 24.3 Å². The van der Waals surface area contributed by atoms with E-state index in [0.717, 1.165) is 0 Å². The molecule has 2 rings (SSSR count). The van der Waals surface area contributed by atoms with Crippen LogP contribution in [-0.2, 0) is 10.0 Å². The molecular formula is C11H15NO3S. The van der Waals surface area contributed by atoms with E-state index < -0.39 is 16.1 Å². The summed E-state index contributed by atoms with van der Waals surface area (Å²) in [6, 6.07) is 8.34. The quantitative estimate of drug-likeness (QED) is 0.834. The van der Waals surface area contributed by atoms with Crippen molar-refractivity contribution in [1.82, 2.24) is 4.31 Å². The highest BCUT2D eigenvalue weighted by Gasteiger charge is 2.28. The van der Waals surface area contributed by atoms with Crippen molar-refractivity contribution >= 4 is 10.0 Å². The molecule has 1 N–H and O–H groups in total. The molecule has 1 aliphatic rings. The average molecular weight is 241 g/mol. The van der Waals surface area contributed by atoms with Gasteiger partial charge in [0.2, 0.25) is 10.0 Å². The molecule has 16 heavy (non-hydrogen) atoms. The molecule has 1 aliphatic heterocycles. The molecule has 1 aromatic rings. The van der Waals surface area contributed by atoms with Gasteiger partial charge < -0.3 is 5.11 Å². The zero-order valence-corrected chi connectivity index (χ0v) is 9.73. The molecule has 1 aromatic carbocycles. The zero-order chi connectivity index (χ0) is 11.6. The summed E-state index contributed by atoms with van der Waals surface area (Å²) in [4.78, 5) is 0.295. The van der Waals surface area contributed by atoms with Crippen molar-refractivity contribution in [3.8, 4) is 0 Å². The lowest BCUT2D eigenvalue weighted by Gasteiger charge is -2.29. The topological polar surface area (TPSA) is 57.6 Å². The fourth-order valence-electron chi connectivity index (χ4n) is 1.88. The van der Waals surface area contributed by atoms with Crippen molar-refractivity contribution in [2.45, 2.75) is 23.8 Å². The minimum Gasteiger partial charge on any atom is -0.392 e. The van der Waals surface area contributed by atoms with Crippen LogP contribution in [0.15, 0.2) is 35.2 Å². The highest BCUT2D eigenvalue weighted by atomic mass is 32.2. The molecule has 0 bridgehead atoms. The SMILES string of the molecule is O=S(=O)(c1ccccc1)N1CCCC(O)C1. The monoisotopic (exact) mass is 241 g/mol. The van der Waals surface area contributed by atoms with Crippen LogP contribution in [0.5, 0.6) is 0 Å². The number of rotatable bonds is 2. The molecule has 1 atom stereocenters. The van der Waals surface area contributed by atoms with Gasteiger partial charge in [0.1, 0.15) is 0 Å².